The Balaban J connectivity index is 2.08. The van der Waals surface area contributed by atoms with Crippen LogP contribution in [0.3, 0.4) is 0 Å². The van der Waals surface area contributed by atoms with Crippen LogP contribution in [0, 0.1) is 11.3 Å². The molecule has 60 valence electrons. The molecule has 2 unspecified atom stereocenters. The lowest BCUT2D eigenvalue weighted by atomic mass is 9.95. The van der Waals surface area contributed by atoms with E-state index < -0.39 is 0 Å². The number of hydrogen-bond donors (Lipinski definition) is 0. The minimum absolute atomic E-state index is 0.106. The van der Waals surface area contributed by atoms with Crippen molar-refractivity contribution in [2.75, 3.05) is 6.61 Å². The zero-order valence-corrected chi connectivity index (χ0v) is 6.76. The smallest absolute Gasteiger partial charge is 0.176 e. The molecule has 3 nitrogen and oxygen atoms in total. The maximum Gasteiger partial charge on any atom is 0.176 e. The minimum Gasteiger partial charge on any atom is -0.372 e. The van der Waals surface area contributed by atoms with Crippen molar-refractivity contribution in [1.29, 1.82) is 5.26 Å². The third kappa shape index (κ3) is 0.943. The first-order chi connectivity index (χ1) is 5.08. The summed E-state index contributed by atoms with van der Waals surface area (Å²) in [5.41, 5.74) is -0.343. The van der Waals surface area contributed by atoms with Crippen LogP contribution in [0.2, 0.25) is 0 Å². The molecule has 0 aromatic heterocycles. The van der Waals surface area contributed by atoms with Gasteiger partial charge in [0.1, 0.15) is 5.60 Å². The number of epoxide rings is 1. The van der Waals surface area contributed by atoms with Gasteiger partial charge in [-0.15, -0.1) is 0 Å². The Hall–Kier alpha value is -0.590. The Bertz CT molecular complexity index is 231. The third-order valence-corrected chi connectivity index (χ3v) is 2.32. The van der Waals surface area contributed by atoms with Crippen LogP contribution in [-0.4, -0.2) is 23.9 Å². The molecule has 2 heterocycles. The van der Waals surface area contributed by atoms with Crippen LogP contribution < -0.4 is 0 Å². The van der Waals surface area contributed by atoms with Crippen LogP contribution in [0.25, 0.3) is 0 Å². The quantitative estimate of drug-likeness (QED) is 0.484. The van der Waals surface area contributed by atoms with E-state index >= 15 is 0 Å². The van der Waals surface area contributed by atoms with Gasteiger partial charge < -0.3 is 9.47 Å². The SMILES string of the molecule is CC1(C)CC2(CO1)OC2C#N. The molecule has 2 rings (SSSR count). The molecule has 11 heavy (non-hydrogen) atoms. The maximum absolute atomic E-state index is 8.57. The van der Waals surface area contributed by atoms with Crippen molar-refractivity contribution in [2.45, 2.75) is 37.6 Å². The highest BCUT2D eigenvalue weighted by Crippen LogP contribution is 2.48. The summed E-state index contributed by atoms with van der Waals surface area (Å²) < 4.78 is 10.7. The van der Waals surface area contributed by atoms with E-state index in [1.165, 1.54) is 0 Å². The van der Waals surface area contributed by atoms with Crippen molar-refractivity contribution >= 4 is 0 Å². The van der Waals surface area contributed by atoms with Gasteiger partial charge >= 0.3 is 0 Å². The molecule has 1 spiro atoms. The summed E-state index contributed by atoms with van der Waals surface area (Å²) in [5, 5.41) is 8.57. The predicted octanol–water partition coefficient (Wildman–Crippen LogP) is 0.846. The van der Waals surface area contributed by atoms with Crippen LogP contribution in [0.5, 0.6) is 0 Å². The Kier molecular flexibility index (Phi) is 1.14. The van der Waals surface area contributed by atoms with E-state index in [9.17, 15) is 0 Å². The van der Waals surface area contributed by atoms with Crippen molar-refractivity contribution in [2.24, 2.45) is 0 Å². The van der Waals surface area contributed by atoms with Gasteiger partial charge in [-0.1, -0.05) is 0 Å². The number of rotatable bonds is 0. The van der Waals surface area contributed by atoms with Crippen molar-refractivity contribution < 1.29 is 9.47 Å². The van der Waals surface area contributed by atoms with Crippen LogP contribution in [0.4, 0.5) is 0 Å². The van der Waals surface area contributed by atoms with Crippen LogP contribution in [0.15, 0.2) is 0 Å². The number of nitriles is 1. The third-order valence-electron chi connectivity index (χ3n) is 2.32. The molecule has 3 heteroatoms. The van der Waals surface area contributed by atoms with Gasteiger partial charge in [0, 0.05) is 6.42 Å². The molecule has 0 saturated carbocycles. The van der Waals surface area contributed by atoms with E-state index in [0.29, 0.717) is 6.61 Å². The lowest BCUT2D eigenvalue weighted by molar-refractivity contribution is 0.0339. The van der Waals surface area contributed by atoms with E-state index in [4.69, 9.17) is 14.7 Å². The molecule has 2 atom stereocenters. The fourth-order valence-electron chi connectivity index (χ4n) is 1.73. The minimum atomic E-state index is -0.238. The summed E-state index contributed by atoms with van der Waals surface area (Å²) >= 11 is 0. The monoisotopic (exact) mass is 153 g/mol. The van der Waals surface area contributed by atoms with Gasteiger partial charge in [0.25, 0.3) is 0 Å². The zero-order chi connectivity index (χ0) is 8.11. The Labute approximate surface area is 65.9 Å². The number of ether oxygens (including phenoxy) is 2. The van der Waals surface area contributed by atoms with Crippen LogP contribution in [0.1, 0.15) is 20.3 Å². The Morgan fingerprint density at radius 2 is 2.27 bits per heavy atom. The molecule has 0 bridgehead atoms. The molecule has 2 aliphatic rings. The molecule has 2 fully saturated rings. The molecule has 0 aromatic carbocycles. The number of hydrogen-bond acceptors (Lipinski definition) is 3. The summed E-state index contributed by atoms with van der Waals surface area (Å²) in [6.07, 6.45) is 0.627. The highest BCUT2D eigenvalue weighted by molar-refractivity contribution is 5.18. The highest BCUT2D eigenvalue weighted by Gasteiger charge is 2.63. The van der Waals surface area contributed by atoms with Crippen LogP contribution >= 0.6 is 0 Å². The normalized spacial score (nSPS) is 45.7. The molecule has 2 aliphatic heterocycles. The second-order valence-corrected chi connectivity index (χ2v) is 3.92. The molecule has 0 amide bonds. The van der Waals surface area contributed by atoms with Crippen molar-refractivity contribution in [3.05, 3.63) is 0 Å². The van der Waals surface area contributed by atoms with Crippen molar-refractivity contribution in [3.63, 3.8) is 0 Å². The summed E-state index contributed by atoms with van der Waals surface area (Å²) in [6, 6.07) is 2.11. The summed E-state index contributed by atoms with van der Waals surface area (Å²) in [4.78, 5) is 0. The molecule has 2 saturated heterocycles. The van der Waals surface area contributed by atoms with Gasteiger partial charge in [0.2, 0.25) is 0 Å². The van der Waals surface area contributed by atoms with E-state index in [0.717, 1.165) is 6.42 Å². The maximum atomic E-state index is 8.57. The lowest BCUT2D eigenvalue weighted by Crippen LogP contribution is -2.19. The fourth-order valence-corrected chi connectivity index (χ4v) is 1.73. The summed E-state index contributed by atoms with van der Waals surface area (Å²) in [7, 11) is 0. The topological polar surface area (TPSA) is 45.5 Å². The van der Waals surface area contributed by atoms with Gasteiger partial charge in [-0.2, -0.15) is 5.26 Å². The zero-order valence-electron chi connectivity index (χ0n) is 6.76. The Morgan fingerprint density at radius 1 is 1.55 bits per heavy atom. The van der Waals surface area contributed by atoms with E-state index in [2.05, 4.69) is 6.07 Å². The predicted molar refractivity (Wildman–Crippen MR) is 37.9 cm³/mol. The fraction of sp³-hybridized carbons (Fsp3) is 0.875. The standard InChI is InChI=1S/C8H11NO2/c1-7(2)4-8(5-10-7)6(3-9)11-8/h6H,4-5H2,1-2H3. The summed E-state index contributed by atoms with van der Waals surface area (Å²) in [6.45, 7) is 4.63. The highest BCUT2D eigenvalue weighted by atomic mass is 16.6. The van der Waals surface area contributed by atoms with Crippen LogP contribution in [-0.2, 0) is 9.47 Å². The first kappa shape index (κ1) is 7.08. The largest absolute Gasteiger partial charge is 0.372 e. The second kappa shape index (κ2) is 1.77. The van der Waals surface area contributed by atoms with Gasteiger partial charge in [-0.05, 0) is 13.8 Å². The average molecular weight is 153 g/mol. The van der Waals surface area contributed by atoms with Crippen molar-refractivity contribution in [3.8, 4) is 6.07 Å². The first-order valence-corrected chi connectivity index (χ1v) is 3.79. The average Bonchev–Trinajstić information content (AvgIpc) is 2.49. The molecule has 0 aliphatic carbocycles. The van der Waals surface area contributed by atoms with Gasteiger partial charge in [0.05, 0.1) is 18.3 Å². The summed E-state index contributed by atoms with van der Waals surface area (Å²) in [5.74, 6) is 0. The lowest BCUT2D eigenvalue weighted by Gasteiger charge is -2.14. The number of nitrogens with zero attached hydrogens (tertiary/aromatic N) is 1. The van der Waals surface area contributed by atoms with Crippen molar-refractivity contribution in [1.82, 2.24) is 0 Å². The van der Waals surface area contributed by atoms with Gasteiger partial charge in [0.15, 0.2) is 6.10 Å². The molecule has 0 radical (unpaired) electrons. The van der Waals surface area contributed by atoms with Gasteiger partial charge in [-0.3, -0.25) is 0 Å². The Morgan fingerprint density at radius 3 is 2.64 bits per heavy atom. The molecular weight excluding hydrogens is 142 g/mol. The van der Waals surface area contributed by atoms with E-state index in [1.807, 2.05) is 13.8 Å². The molecule has 0 N–H and O–H groups in total. The second-order valence-electron chi connectivity index (χ2n) is 3.92. The molecular formula is C8H11NO2. The first-order valence-electron chi connectivity index (χ1n) is 3.79. The van der Waals surface area contributed by atoms with Gasteiger partial charge in [-0.25, -0.2) is 0 Å². The molecule has 0 aromatic rings. The van der Waals surface area contributed by atoms with E-state index in [-0.39, 0.29) is 17.3 Å². The van der Waals surface area contributed by atoms with E-state index in [1.54, 1.807) is 0 Å².